The van der Waals surface area contributed by atoms with Crippen LogP contribution in [0.1, 0.15) is 60.8 Å². The maximum Gasteiger partial charge on any atom is 0.410 e. The second kappa shape index (κ2) is 23.9. The van der Waals surface area contributed by atoms with Crippen molar-refractivity contribution in [3.8, 4) is 0 Å². The molecule has 0 saturated carbocycles. The van der Waals surface area contributed by atoms with Crippen molar-refractivity contribution in [1.82, 2.24) is 26.2 Å². The van der Waals surface area contributed by atoms with Gasteiger partial charge < -0.3 is 71.2 Å². The lowest BCUT2D eigenvalue weighted by Crippen LogP contribution is -2.61. The summed E-state index contributed by atoms with van der Waals surface area (Å²) in [6.45, 7) is 7.28. The molecule has 0 bridgehead atoms. The number of hydrogen-bond acceptors (Lipinski definition) is 14. The van der Waals surface area contributed by atoms with Crippen molar-refractivity contribution in [3.63, 3.8) is 0 Å². The molecule has 1 saturated heterocycles. The Morgan fingerprint density at radius 1 is 0.814 bits per heavy atom. The molecule has 1 aromatic carbocycles. The van der Waals surface area contributed by atoms with E-state index in [1.54, 1.807) is 33.0 Å². The number of hydrogen-bond donors (Lipinski definition) is 10. The van der Waals surface area contributed by atoms with Crippen molar-refractivity contribution in [1.29, 1.82) is 0 Å². The standard InChI is InChI=1S/C37H56N6O16/c1-18(2)20(5)43(6)37(56)58-16-21-7-9-22(10-8-21)40-33(52)23(17-57-36-31(51)29(49)30(50)32(59-36)35(54)55)41-34(53)28(19(3)4)42-25(45)13-14-38-26(46)15-39-24(44)11-12-27(47)48/h7-10,18-20,23,28-32,36,49-51H,11-17H2,1-6H3,(H,38,46)(H,39,44)(H,40,52)(H,41,53)(H,42,45)(H,47,48)(H,54,55)/t20-,23+,28+,29+,30+,31-,32+,36-/m1/s1/i11T/t11?,20-,23+,28+,29+,30+,31-,32+,36-. The molecule has 1 aliphatic rings. The Hall–Kier alpha value is -5.42. The summed E-state index contributed by atoms with van der Waals surface area (Å²) in [5, 5.41) is 60.8. The van der Waals surface area contributed by atoms with Crippen LogP contribution in [0.2, 0.25) is 0 Å². The molecule has 0 radical (unpaired) electrons. The van der Waals surface area contributed by atoms with Gasteiger partial charge in [-0.25, -0.2) is 9.59 Å². The highest BCUT2D eigenvalue weighted by Crippen LogP contribution is 2.23. The third-order valence-electron chi connectivity index (χ3n) is 9.15. The minimum atomic E-state index is -2.02. The normalized spacial score (nSPS) is 21.1. The Kier molecular flexibility index (Phi) is 19.4. The number of benzene rings is 1. The van der Waals surface area contributed by atoms with Gasteiger partial charge in [-0.3, -0.25) is 28.8 Å². The molecule has 2 rings (SSSR count). The summed E-state index contributed by atoms with van der Waals surface area (Å²) >= 11 is 0. The quantitative estimate of drug-likeness (QED) is 0.0619. The van der Waals surface area contributed by atoms with Crippen LogP contribution in [0.4, 0.5) is 10.5 Å². The minimum Gasteiger partial charge on any atom is -0.481 e. The summed E-state index contributed by atoms with van der Waals surface area (Å²) in [7, 11) is 1.63. The number of ether oxygens (including phenoxy) is 3. The van der Waals surface area contributed by atoms with Crippen molar-refractivity contribution in [2.75, 3.05) is 32.1 Å². The third-order valence-corrected chi connectivity index (χ3v) is 9.15. The van der Waals surface area contributed by atoms with Gasteiger partial charge in [-0.2, -0.15) is 0 Å². The third kappa shape index (κ3) is 16.4. The second-order valence-electron chi connectivity index (χ2n) is 14.4. The van der Waals surface area contributed by atoms with Gasteiger partial charge in [0.25, 0.3) is 0 Å². The van der Waals surface area contributed by atoms with Crippen LogP contribution in [0.3, 0.4) is 0 Å². The molecule has 1 aromatic rings. The fourth-order valence-electron chi connectivity index (χ4n) is 5.18. The first-order valence-corrected chi connectivity index (χ1v) is 18.7. The van der Waals surface area contributed by atoms with Crippen LogP contribution in [0.25, 0.3) is 0 Å². The van der Waals surface area contributed by atoms with Crippen molar-refractivity contribution < 1.29 is 79.5 Å². The zero-order valence-corrected chi connectivity index (χ0v) is 33.6. The zero-order valence-electron chi connectivity index (χ0n) is 34.6. The van der Waals surface area contributed by atoms with Gasteiger partial charge in [0.2, 0.25) is 29.5 Å². The molecule has 330 valence electrons. The maximum atomic E-state index is 13.6. The molecule has 10 N–H and O–H groups in total. The summed E-state index contributed by atoms with van der Waals surface area (Å²) in [5.41, 5.74) is 0.794. The van der Waals surface area contributed by atoms with E-state index in [9.17, 15) is 58.8 Å². The number of anilines is 1. The largest absolute Gasteiger partial charge is 0.481 e. The molecular formula is C37H56N6O16. The van der Waals surface area contributed by atoms with E-state index in [-0.39, 0.29) is 37.2 Å². The number of carboxylic acid groups (broad SMARTS) is 2. The van der Waals surface area contributed by atoms with E-state index in [0.29, 0.717) is 5.56 Å². The number of aliphatic hydroxyl groups excluding tert-OH is 3. The van der Waals surface area contributed by atoms with E-state index in [0.717, 1.165) is 0 Å². The first kappa shape index (κ1) is 48.0. The fourth-order valence-corrected chi connectivity index (χ4v) is 5.18. The van der Waals surface area contributed by atoms with Gasteiger partial charge in [-0.05, 0) is 36.5 Å². The summed E-state index contributed by atoms with van der Waals surface area (Å²) in [6, 6.07) is 3.14. The van der Waals surface area contributed by atoms with Crippen LogP contribution in [0.5, 0.6) is 0 Å². The molecule has 0 aliphatic carbocycles. The summed E-state index contributed by atoms with van der Waals surface area (Å²) in [4.78, 5) is 100. The molecule has 59 heavy (non-hydrogen) atoms. The fraction of sp³-hybridized carbons (Fsp3) is 0.622. The van der Waals surface area contributed by atoms with Crippen molar-refractivity contribution >= 4 is 53.3 Å². The Balaban J connectivity index is 2.14. The highest BCUT2D eigenvalue weighted by molar-refractivity contribution is 5.98. The average molecular weight is 843 g/mol. The van der Waals surface area contributed by atoms with Crippen molar-refractivity contribution in [2.45, 2.75) is 109 Å². The van der Waals surface area contributed by atoms with Crippen LogP contribution >= 0.6 is 0 Å². The Labute approximate surface area is 341 Å². The Morgan fingerprint density at radius 3 is 2.03 bits per heavy atom. The van der Waals surface area contributed by atoms with Gasteiger partial charge in [0.1, 0.15) is 37.0 Å². The van der Waals surface area contributed by atoms with Gasteiger partial charge in [0.15, 0.2) is 12.4 Å². The Morgan fingerprint density at radius 2 is 1.46 bits per heavy atom. The number of carbonyl (C=O) groups excluding carboxylic acids is 6. The summed E-state index contributed by atoms with van der Waals surface area (Å²) in [6.07, 6.45) is -13.2. The van der Waals surface area contributed by atoms with Crippen LogP contribution in [0.15, 0.2) is 24.3 Å². The van der Waals surface area contributed by atoms with E-state index in [1.165, 1.54) is 17.0 Å². The molecule has 0 spiro atoms. The maximum absolute atomic E-state index is 13.6. The highest BCUT2D eigenvalue weighted by atomic mass is 16.7. The molecule has 9 atom stereocenters. The van der Waals surface area contributed by atoms with Gasteiger partial charge in [0, 0.05) is 39.5 Å². The van der Waals surface area contributed by atoms with Crippen LogP contribution in [-0.2, 0) is 54.4 Å². The number of amides is 6. The number of nitrogens with one attached hydrogen (secondary N) is 5. The average Bonchev–Trinajstić information content (AvgIpc) is 3.18. The molecule has 0 aromatic heterocycles. The molecule has 1 fully saturated rings. The molecule has 6 amide bonds. The SMILES string of the molecule is [3H]C(CC(=O)O)C(=O)NCC(=O)NCCC(=O)N[C@H](C(=O)N[C@@H](CO[C@@H]1O[C@H](C(=O)O)[C@@H](O)[C@H](O)[C@H]1O)C(=O)Nc1ccc(COC(=O)N(C)[C@H](C)C(C)C)cc1)C(C)C. The number of aliphatic carboxylic acids is 2. The van der Waals surface area contributed by atoms with Gasteiger partial charge in [-0.1, -0.05) is 39.8 Å². The first-order chi connectivity index (χ1) is 28.0. The van der Waals surface area contributed by atoms with Crippen LogP contribution in [-0.4, -0.2) is 154 Å². The topological polar surface area (TPSA) is 329 Å². The number of carboxylic acids is 2. The summed E-state index contributed by atoms with van der Waals surface area (Å²) in [5.74, 6) is -7.66. The molecule has 1 aliphatic heterocycles. The lowest BCUT2D eigenvalue weighted by molar-refractivity contribution is -0.294. The molecular weight excluding hydrogens is 784 g/mol. The van der Waals surface area contributed by atoms with Gasteiger partial charge in [0.05, 0.1) is 19.6 Å². The molecule has 22 nitrogen and oxygen atoms in total. The lowest BCUT2D eigenvalue weighted by atomic mass is 9.99. The van der Waals surface area contributed by atoms with Crippen LogP contribution < -0.4 is 26.6 Å². The Bertz CT molecular complexity index is 1670. The zero-order chi connectivity index (χ0) is 45.4. The highest BCUT2D eigenvalue weighted by Gasteiger charge is 2.48. The second-order valence-corrected chi connectivity index (χ2v) is 14.4. The van der Waals surface area contributed by atoms with Crippen molar-refractivity contribution in [2.24, 2.45) is 11.8 Å². The minimum absolute atomic E-state index is 0.0738. The predicted octanol–water partition coefficient (Wildman–Crippen LogP) is -1.74. The monoisotopic (exact) mass is 842 g/mol. The van der Waals surface area contributed by atoms with Crippen LogP contribution in [0, 0.1) is 11.8 Å². The number of nitrogens with zero attached hydrogens (tertiary/aromatic N) is 1. The van der Waals surface area contributed by atoms with E-state index >= 15 is 0 Å². The molecule has 1 heterocycles. The summed E-state index contributed by atoms with van der Waals surface area (Å²) < 4.78 is 23.5. The van der Waals surface area contributed by atoms with E-state index < -0.39 is 122 Å². The molecule has 22 heteroatoms. The number of carbonyl (C=O) groups is 8. The first-order valence-electron chi connectivity index (χ1n) is 19.2. The van der Waals surface area contributed by atoms with Gasteiger partial charge in [-0.15, -0.1) is 0 Å². The number of aliphatic hydroxyl groups is 3. The lowest BCUT2D eigenvalue weighted by Gasteiger charge is -2.38. The van der Waals surface area contributed by atoms with E-state index in [1.807, 2.05) is 20.8 Å². The number of rotatable bonds is 22. The van der Waals surface area contributed by atoms with E-state index in [2.05, 4.69) is 26.6 Å². The van der Waals surface area contributed by atoms with Crippen molar-refractivity contribution in [3.05, 3.63) is 29.8 Å². The predicted molar refractivity (Wildman–Crippen MR) is 204 cm³/mol. The molecule has 1 unspecified atom stereocenters. The van der Waals surface area contributed by atoms with Gasteiger partial charge >= 0.3 is 18.0 Å². The van der Waals surface area contributed by atoms with E-state index in [4.69, 9.17) is 20.7 Å². The smallest absolute Gasteiger partial charge is 0.410 e.